The van der Waals surface area contributed by atoms with Crippen LogP contribution in [0.15, 0.2) is 70.1 Å². The van der Waals surface area contributed by atoms with Crippen molar-refractivity contribution in [1.29, 1.82) is 0 Å². The summed E-state index contributed by atoms with van der Waals surface area (Å²) in [5.41, 5.74) is 0.0427. The normalized spacial score (nSPS) is 10.5. The number of rotatable bonds is 8. The van der Waals surface area contributed by atoms with Crippen molar-refractivity contribution in [3.05, 3.63) is 76.6 Å². The van der Waals surface area contributed by atoms with Crippen molar-refractivity contribution >= 4 is 16.9 Å². The summed E-state index contributed by atoms with van der Waals surface area (Å²) in [6.45, 7) is 0. The molecule has 0 spiro atoms. The van der Waals surface area contributed by atoms with E-state index in [0.29, 0.717) is 28.7 Å². The smallest absolute Gasteiger partial charge is 0.343 e. The van der Waals surface area contributed by atoms with E-state index < -0.39 is 5.97 Å². The van der Waals surface area contributed by atoms with E-state index in [-0.39, 0.29) is 33.5 Å². The summed E-state index contributed by atoms with van der Waals surface area (Å²) in [6, 6.07) is 14.2. The van der Waals surface area contributed by atoms with Gasteiger partial charge in [-0.25, -0.2) is 4.79 Å². The number of carbonyl (C=O) groups is 1. The number of ether oxygens (including phenoxy) is 6. The van der Waals surface area contributed by atoms with Gasteiger partial charge in [0.25, 0.3) is 0 Å². The Balaban J connectivity index is 1.58. The van der Waals surface area contributed by atoms with Gasteiger partial charge in [0.05, 0.1) is 39.4 Å². The second-order valence-electron chi connectivity index (χ2n) is 7.17. The molecule has 0 N–H and O–H groups in total. The summed E-state index contributed by atoms with van der Waals surface area (Å²) in [6.07, 6.45) is 1.21. The standard InChI is InChI=1S/C26H22O9/c1-29-16-5-7-17(8-6-16)34-23-14-33-20-13-18(9-10-19(20)24(23)27)35-26(28)15-11-21(30-2)25(32-4)22(12-15)31-3/h5-14H,1-4H3. The number of carbonyl (C=O) groups excluding carboxylic acids is 1. The van der Waals surface area contributed by atoms with Gasteiger partial charge in [-0.2, -0.15) is 0 Å². The van der Waals surface area contributed by atoms with E-state index >= 15 is 0 Å². The lowest BCUT2D eigenvalue weighted by molar-refractivity contribution is 0.0734. The zero-order chi connectivity index (χ0) is 24.9. The molecule has 0 amide bonds. The zero-order valence-corrected chi connectivity index (χ0v) is 19.4. The first kappa shape index (κ1) is 23.5. The van der Waals surface area contributed by atoms with Crippen LogP contribution in [0.4, 0.5) is 0 Å². The van der Waals surface area contributed by atoms with E-state index in [1.165, 1.54) is 57.9 Å². The number of esters is 1. The van der Waals surface area contributed by atoms with Gasteiger partial charge in [0.15, 0.2) is 11.5 Å². The molecule has 3 aromatic carbocycles. The molecule has 0 unspecified atom stereocenters. The fraction of sp³-hybridized carbons (Fsp3) is 0.154. The largest absolute Gasteiger partial charge is 0.497 e. The van der Waals surface area contributed by atoms with Gasteiger partial charge >= 0.3 is 5.97 Å². The van der Waals surface area contributed by atoms with Gasteiger partial charge in [0.1, 0.15) is 29.1 Å². The number of benzene rings is 3. The van der Waals surface area contributed by atoms with Crippen LogP contribution >= 0.6 is 0 Å². The molecule has 0 aliphatic rings. The Hall–Kier alpha value is -4.66. The average Bonchev–Trinajstić information content (AvgIpc) is 2.89. The molecule has 180 valence electrons. The van der Waals surface area contributed by atoms with Crippen LogP contribution in [0.2, 0.25) is 0 Å². The van der Waals surface area contributed by atoms with Crippen molar-refractivity contribution in [3.8, 4) is 40.2 Å². The summed E-state index contributed by atoms with van der Waals surface area (Å²) in [4.78, 5) is 25.6. The molecule has 0 aliphatic carbocycles. The molecule has 0 saturated carbocycles. The fourth-order valence-electron chi connectivity index (χ4n) is 3.36. The van der Waals surface area contributed by atoms with Crippen LogP contribution in [-0.2, 0) is 0 Å². The van der Waals surface area contributed by atoms with Crippen LogP contribution in [0.1, 0.15) is 10.4 Å². The Bertz CT molecular complexity index is 1400. The predicted octanol–water partition coefficient (Wildman–Crippen LogP) is 4.84. The van der Waals surface area contributed by atoms with Crippen LogP contribution in [0.5, 0.6) is 40.2 Å². The first-order chi connectivity index (χ1) is 17.0. The number of hydrogen-bond donors (Lipinski definition) is 0. The van der Waals surface area contributed by atoms with Gasteiger partial charge in [0, 0.05) is 6.07 Å². The topological polar surface area (TPSA) is 103 Å². The van der Waals surface area contributed by atoms with Gasteiger partial charge in [-0.15, -0.1) is 0 Å². The third-order valence-electron chi connectivity index (χ3n) is 5.11. The van der Waals surface area contributed by atoms with E-state index in [1.54, 1.807) is 31.4 Å². The highest BCUT2D eigenvalue weighted by atomic mass is 16.5. The summed E-state index contributed by atoms with van der Waals surface area (Å²) in [5, 5.41) is 0.267. The lowest BCUT2D eigenvalue weighted by Crippen LogP contribution is -2.10. The SMILES string of the molecule is COc1ccc(Oc2coc3cc(OC(=O)c4cc(OC)c(OC)c(OC)c4)ccc3c2=O)cc1. The van der Waals surface area contributed by atoms with E-state index in [0.717, 1.165) is 0 Å². The van der Waals surface area contributed by atoms with Crippen molar-refractivity contribution < 1.29 is 37.6 Å². The summed E-state index contributed by atoms with van der Waals surface area (Å²) in [5.74, 6) is 1.63. The van der Waals surface area contributed by atoms with Crippen molar-refractivity contribution in [2.24, 2.45) is 0 Å². The molecule has 1 aromatic heterocycles. The summed E-state index contributed by atoms with van der Waals surface area (Å²) >= 11 is 0. The third-order valence-corrected chi connectivity index (χ3v) is 5.11. The molecule has 1 heterocycles. The Kier molecular flexibility index (Phi) is 6.77. The van der Waals surface area contributed by atoms with Crippen LogP contribution in [0.25, 0.3) is 11.0 Å². The molecule has 35 heavy (non-hydrogen) atoms. The number of methoxy groups -OCH3 is 4. The highest BCUT2D eigenvalue weighted by Crippen LogP contribution is 2.38. The minimum absolute atomic E-state index is 0.0184. The van der Waals surface area contributed by atoms with Crippen LogP contribution < -0.4 is 33.8 Å². The minimum atomic E-state index is -0.662. The summed E-state index contributed by atoms with van der Waals surface area (Å²) in [7, 11) is 5.92. The van der Waals surface area contributed by atoms with Gasteiger partial charge in [-0.3, -0.25) is 4.79 Å². The molecular formula is C26H22O9. The third kappa shape index (κ3) is 4.84. The molecule has 4 aromatic rings. The second kappa shape index (κ2) is 10.1. The van der Waals surface area contributed by atoms with Crippen LogP contribution in [0, 0.1) is 0 Å². The average molecular weight is 478 g/mol. The number of fused-ring (bicyclic) bond motifs is 1. The van der Waals surface area contributed by atoms with Crippen molar-refractivity contribution in [1.82, 2.24) is 0 Å². The Morgan fingerprint density at radius 3 is 1.94 bits per heavy atom. The van der Waals surface area contributed by atoms with Crippen molar-refractivity contribution in [2.75, 3.05) is 28.4 Å². The lowest BCUT2D eigenvalue weighted by Gasteiger charge is -2.13. The maximum atomic E-state index is 12.9. The minimum Gasteiger partial charge on any atom is -0.497 e. The number of hydrogen-bond acceptors (Lipinski definition) is 9. The van der Waals surface area contributed by atoms with Gasteiger partial charge in [-0.1, -0.05) is 0 Å². The van der Waals surface area contributed by atoms with E-state index in [9.17, 15) is 9.59 Å². The maximum absolute atomic E-state index is 12.9. The molecule has 0 atom stereocenters. The Labute approximate surface area is 200 Å². The van der Waals surface area contributed by atoms with Crippen LogP contribution in [-0.4, -0.2) is 34.4 Å². The first-order valence-corrected chi connectivity index (χ1v) is 10.4. The fourth-order valence-corrected chi connectivity index (χ4v) is 3.36. The maximum Gasteiger partial charge on any atom is 0.343 e. The Morgan fingerprint density at radius 2 is 1.34 bits per heavy atom. The van der Waals surface area contributed by atoms with Gasteiger partial charge in [-0.05, 0) is 48.5 Å². The Morgan fingerprint density at radius 1 is 0.714 bits per heavy atom. The predicted molar refractivity (Wildman–Crippen MR) is 127 cm³/mol. The molecule has 9 nitrogen and oxygen atoms in total. The molecular weight excluding hydrogens is 456 g/mol. The van der Waals surface area contributed by atoms with E-state index in [4.69, 9.17) is 32.8 Å². The molecule has 0 fully saturated rings. The summed E-state index contributed by atoms with van der Waals surface area (Å²) < 4.78 is 37.6. The lowest BCUT2D eigenvalue weighted by atomic mass is 10.1. The van der Waals surface area contributed by atoms with Crippen molar-refractivity contribution in [2.45, 2.75) is 0 Å². The molecule has 0 saturated heterocycles. The van der Waals surface area contributed by atoms with Gasteiger partial charge < -0.3 is 32.8 Å². The van der Waals surface area contributed by atoms with Gasteiger partial charge in [0.2, 0.25) is 16.9 Å². The second-order valence-corrected chi connectivity index (χ2v) is 7.17. The van der Waals surface area contributed by atoms with Crippen molar-refractivity contribution in [3.63, 3.8) is 0 Å². The molecule has 0 aliphatic heterocycles. The van der Waals surface area contributed by atoms with E-state index in [1.807, 2.05) is 0 Å². The monoisotopic (exact) mass is 478 g/mol. The molecule has 4 rings (SSSR count). The molecule has 0 radical (unpaired) electrons. The van der Waals surface area contributed by atoms with E-state index in [2.05, 4.69) is 0 Å². The highest BCUT2D eigenvalue weighted by Gasteiger charge is 2.19. The van der Waals surface area contributed by atoms with Crippen LogP contribution in [0.3, 0.4) is 0 Å². The highest BCUT2D eigenvalue weighted by molar-refractivity contribution is 5.93. The quantitative estimate of drug-likeness (QED) is 0.260. The molecule has 0 bridgehead atoms. The molecule has 9 heteroatoms. The first-order valence-electron chi connectivity index (χ1n) is 10.4. The zero-order valence-electron chi connectivity index (χ0n) is 19.4.